The number of carbonyl (C=O) groups is 1. The van der Waals surface area contributed by atoms with Gasteiger partial charge in [0.25, 0.3) is 0 Å². The number of carbonyl (C=O) groups excluding carboxylic acids is 1. The summed E-state index contributed by atoms with van der Waals surface area (Å²) in [6, 6.07) is 0. The SMILES string of the molecule is C=CC[N+](C)(C)CC=C.CC(=O)[N+](C)(C)C. The van der Waals surface area contributed by atoms with Gasteiger partial charge in [0, 0.05) is 0 Å². The summed E-state index contributed by atoms with van der Waals surface area (Å²) in [6.45, 7) is 11.0. The van der Waals surface area contributed by atoms with Crippen LogP contribution in [0.25, 0.3) is 0 Å². The number of likely N-dealkylation sites (N-methyl/N-ethyl adjacent to an activating group) is 1. The Bertz CT molecular complexity index is 225. The van der Waals surface area contributed by atoms with E-state index in [9.17, 15) is 4.79 Å². The third-order valence-electron chi connectivity index (χ3n) is 2.19. The van der Waals surface area contributed by atoms with Gasteiger partial charge in [0.15, 0.2) is 0 Å². The van der Waals surface area contributed by atoms with Crippen LogP contribution < -0.4 is 0 Å². The van der Waals surface area contributed by atoms with Crippen LogP contribution in [0.15, 0.2) is 25.3 Å². The number of quaternary nitrogens is 2. The third-order valence-corrected chi connectivity index (χ3v) is 2.19. The molecule has 0 spiro atoms. The number of rotatable bonds is 4. The van der Waals surface area contributed by atoms with Crippen molar-refractivity contribution in [1.82, 2.24) is 0 Å². The summed E-state index contributed by atoms with van der Waals surface area (Å²) < 4.78 is 1.37. The molecule has 0 aliphatic carbocycles. The highest BCUT2D eigenvalue weighted by Gasteiger charge is 2.12. The lowest BCUT2D eigenvalue weighted by Gasteiger charge is -2.26. The second kappa shape index (κ2) is 7.36. The van der Waals surface area contributed by atoms with E-state index in [1.54, 1.807) is 6.92 Å². The van der Waals surface area contributed by atoms with Gasteiger partial charge >= 0.3 is 5.91 Å². The Morgan fingerprint density at radius 2 is 1.25 bits per heavy atom. The Labute approximate surface area is 101 Å². The number of hydrogen-bond acceptors (Lipinski definition) is 1. The molecule has 0 bridgehead atoms. The van der Waals surface area contributed by atoms with Crippen molar-refractivity contribution in [1.29, 1.82) is 0 Å². The molecule has 0 aliphatic heterocycles. The highest BCUT2D eigenvalue weighted by Crippen LogP contribution is 1.95. The maximum Gasteiger partial charge on any atom is 0.309 e. The minimum absolute atomic E-state index is 0.181. The summed E-state index contributed by atoms with van der Waals surface area (Å²) in [5.74, 6) is 0.181. The fourth-order valence-electron chi connectivity index (χ4n) is 0.774. The van der Waals surface area contributed by atoms with E-state index in [1.165, 1.54) is 0 Å². The normalized spacial score (nSPS) is 11.1. The number of amides is 1. The fourth-order valence-corrected chi connectivity index (χ4v) is 0.774. The zero-order chi connectivity index (χ0) is 13.4. The first-order chi connectivity index (χ1) is 7.06. The predicted molar refractivity (Wildman–Crippen MR) is 70.9 cm³/mol. The van der Waals surface area contributed by atoms with Crippen LogP contribution in [0.2, 0.25) is 0 Å². The zero-order valence-corrected chi connectivity index (χ0v) is 11.8. The molecule has 3 heteroatoms. The van der Waals surface area contributed by atoms with E-state index in [-0.39, 0.29) is 5.91 Å². The van der Waals surface area contributed by atoms with Crippen LogP contribution in [-0.2, 0) is 4.79 Å². The molecule has 0 aromatic rings. The molecule has 1 amide bonds. The van der Waals surface area contributed by atoms with Crippen molar-refractivity contribution in [3.63, 3.8) is 0 Å². The molecule has 0 aromatic carbocycles. The van der Waals surface area contributed by atoms with Gasteiger partial charge in [-0.3, -0.25) is 4.48 Å². The van der Waals surface area contributed by atoms with Gasteiger partial charge in [-0.25, -0.2) is 4.79 Å². The zero-order valence-electron chi connectivity index (χ0n) is 11.8. The second-order valence-electron chi connectivity index (χ2n) is 5.41. The van der Waals surface area contributed by atoms with Gasteiger partial charge in [0.05, 0.1) is 55.3 Å². The first-order valence-corrected chi connectivity index (χ1v) is 5.43. The van der Waals surface area contributed by atoms with Gasteiger partial charge in [-0.05, 0) is 12.2 Å². The smallest absolute Gasteiger partial charge is 0.309 e. The van der Waals surface area contributed by atoms with E-state index < -0.39 is 0 Å². The van der Waals surface area contributed by atoms with Gasteiger partial charge in [-0.15, -0.1) is 0 Å². The maximum atomic E-state index is 10.4. The van der Waals surface area contributed by atoms with Crippen molar-refractivity contribution in [3.05, 3.63) is 25.3 Å². The van der Waals surface area contributed by atoms with Crippen molar-refractivity contribution in [2.24, 2.45) is 0 Å². The minimum Gasteiger partial charge on any atom is -0.322 e. The molecule has 0 unspecified atom stereocenters. The molecule has 16 heavy (non-hydrogen) atoms. The van der Waals surface area contributed by atoms with Crippen molar-refractivity contribution in [2.75, 3.05) is 48.3 Å². The quantitative estimate of drug-likeness (QED) is 0.528. The fraction of sp³-hybridized carbons (Fsp3) is 0.615. The van der Waals surface area contributed by atoms with Crippen molar-refractivity contribution in [2.45, 2.75) is 6.92 Å². The molecule has 0 saturated carbocycles. The molecule has 0 heterocycles. The highest BCUT2D eigenvalue weighted by atomic mass is 16.2. The summed E-state index contributed by atoms with van der Waals surface area (Å²) in [5, 5.41) is 0. The Morgan fingerprint density at radius 3 is 1.38 bits per heavy atom. The summed E-state index contributed by atoms with van der Waals surface area (Å²) >= 11 is 0. The maximum absolute atomic E-state index is 10.4. The standard InChI is InChI=1S/C8H16N.C5H12NO/c1-5-7-9(3,4)8-6-2;1-5(7)6(2,3)4/h5-6H,1-2,7-8H2,3-4H3;1-4H3/q2*+1. The molecule has 0 aliphatic rings. The molecular weight excluding hydrogens is 200 g/mol. The molecule has 0 atom stereocenters. The lowest BCUT2D eigenvalue weighted by Crippen LogP contribution is -2.39. The molecule has 0 aromatic heterocycles. The van der Waals surface area contributed by atoms with E-state index in [4.69, 9.17) is 0 Å². The van der Waals surface area contributed by atoms with Crippen LogP contribution in [0.5, 0.6) is 0 Å². The monoisotopic (exact) mass is 228 g/mol. The van der Waals surface area contributed by atoms with Crippen LogP contribution in [-0.4, -0.2) is 63.2 Å². The van der Waals surface area contributed by atoms with Crippen LogP contribution in [0.1, 0.15) is 6.92 Å². The van der Waals surface area contributed by atoms with Crippen LogP contribution >= 0.6 is 0 Å². The van der Waals surface area contributed by atoms with E-state index >= 15 is 0 Å². The van der Waals surface area contributed by atoms with Gasteiger partial charge < -0.3 is 4.48 Å². The molecular formula is C13H28N2O+2. The Morgan fingerprint density at radius 1 is 1.00 bits per heavy atom. The van der Waals surface area contributed by atoms with Gasteiger partial charge in [0.2, 0.25) is 0 Å². The minimum atomic E-state index is 0.181. The number of nitrogens with zero attached hydrogens (tertiary/aromatic N) is 2. The summed E-state index contributed by atoms with van der Waals surface area (Å²) in [4.78, 5) is 10.4. The van der Waals surface area contributed by atoms with Crippen molar-refractivity contribution in [3.8, 4) is 0 Å². The topological polar surface area (TPSA) is 17.1 Å². The molecule has 0 radical (unpaired) electrons. The lowest BCUT2D eigenvalue weighted by molar-refractivity contribution is -0.878. The molecule has 0 fully saturated rings. The Hall–Kier alpha value is -0.930. The summed E-state index contributed by atoms with van der Waals surface area (Å²) in [5.41, 5.74) is 0. The lowest BCUT2D eigenvalue weighted by atomic mass is 10.4. The van der Waals surface area contributed by atoms with Gasteiger partial charge in [-0.2, -0.15) is 0 Å². The van der Waals surface area contributed by atoms with E-state index in [2.05, 4.69) is 27.3 Å². The molecule has 0 rings (SSSR count). The third kappa shape index (κ3) is 11.1. The van der Waals surface area contributed by atoms with Crippen LogP contribution in [0.3, 0.4) is 0 Å². The van der Waals surface area contributed by atoms with Crippen molar-refractivity contribution < 1.29 is 13.8 Å². The van der Waals surface area contributed by atoms with E-state index in [0.717, 1.165) is 17.6 Å². The Balaban J connectivity index is 0. The largest absolute Gasteiger partial charge is 0.322 e. The van der Waals surface area contributed by atoms with Gasteiger partial charge in [-0.1, -0.05) is 13.2 Å². The Kier molecular flexibility index (Phi) is 8.03. The average molecular weight is 228 g/mol. The first-order valence-electron chi connectivity index (χ1n) is 5.43. The molecule has 0 N–H and O–H groups in total. The molecule has 94 valence electrons. The van der Waals surface area contributed by atoms with E-state index in [1.807, 2.05) is 33.3 Å². The summed E-state index contributed by atoms with van der Waals surface area (Å²) in [7, 11) is 9.86. The molecule has 3 nitrogen and oxygen atoms in total. The highest BCUT2D eigenvalue weighted by molar-refractivity contribution is 5.64. The van der Waals surface area contributed by atoms with Crippen LogP contribution in [0.4, 0.5) is 0 Å². The predicted octanol–water partition coefficient (Wildman–Crippen LogP) is 1.67. The summed E-state index contributed by atoms with van der Waals surface area (Å²) in [6.07, 6.45) is 3.87. The van der Waals surface area contributed by atoms with E-state index in [0.29, 0.717) is 4.48 Å². The number of hydrogen-bond donors (Lipinski definition) is 0. The first kappa shape index (κ1) is 17.5. The van der Waals surface area contributed by atoms with Gasteiger partial charge in [0.1, 0.15) is 0 Å². The average Bonchev–Trinajstić information content (AvgIpc) is 2.02. The van der Waals surface area contributed by atoms with Crippen molar-refractivity contribution >= 4 is 5.91 Å². The second-order valence-corrected chi connectivity index (χ2v) is 5.41. The van der Waals surface area contributed by atoms with Crippen LogP contribution in [0, 0.1) is 0 Å². The molecule has 0 saturated heterocycles.